The number of thioether (sulfide) groups is 1. The number of nitrogens with zero attached hydrogens (tertiary/aromatic N) is 2. The predicted molar refractivity (Wildman–Crippen MR) is 65.3 cm³/mol. The Labute approximate surface area is 103 Å². The highest BCUT2D eigenvalue weighted by atomic mass is 79.9. The molecule has 0 radical (unpaired) electrons. The lowest BCUT2D eigenvalue weighted by atomic mass is 10.1. The van der Waals surface area contributed by atoms with E-state index in [4.69, 9.17) is 4.42 Å². The molecule has 0 aromatic carbocycles. The molecule has 1 aliphatic rings. The van der Waals surface area contributed by atoms with Gasteiger partial charge in [0.15, 0.2) is 0 Å². The van der Waals surface area contributed by atoms with Crippen molar-refractivity contribution in [3.8, 4) is 0 Å². The van der Waals surface area contributed by atoms with Crippen molar-refractivity contribution in [3.05, 3.63) is 11.8 Å². The molecule has 15 heavy (non-hydrogen) atoms. The fourth-order valence-electron chi connectivity index (χ4n) is 1.70. The van der Waals surface area contributed by atoms with Gasteiger partial charge in [0.1, 0.15) is 0 Å². The second kappa shape index (κ2) is 4.45. The minimum atomic E-state index is 0.0473. The van der Waals surface area contributed by atoms with Crippen molar-refractivity contribution in [2.45, 2.75) is 42.7 Å². The predicted octanol–water partition coefficient (Wildman–Crippen LogP) is 3.66. The summed E-state index contributed by atoms with van der Waals surface area (Å²) in [6.45, 7) is 4.28. The van der Waals surface area contributed by atoms with Gasteiger partial charge in [0.25, 0.3) is 0 Å². The van der Waals surface area contributed by atoms with Crippen LogP contribution < -0.4 is 0 Å². The van der Waals surface area contributed by atoms with Gasteiger partial charge in [-0.25, -0.2) is 0 Å². The number of hydrogen-bond acceptors (Lipinski definition) is 4. The first-order chi connectivity index (χ1) is 7.15. The molecule has 1 saturated heterocycles. The number of halogens is 1. The normalized spacial score (nSPS) is 28.2. The van der Waals surface area contributed by atoms with Crippen LogP contribution in [0.4, 0.5) is 0 Å². The lowest BCUT2D eigenvalue weighted by molar-refractivity contribution is 0.399. The summed E-state index contributed by atoms with van der Waals surface area (Å²) in [6.07, 6.45) is 3.34. The molecule has 0 aliphatic carbocycles. The van der Waals surface area contributed by atoms with E-state index < -0.39 is 0 Å². The largest absolute Gasteiger partial charge is 0.423 e. The van der Waals surface area contributed by atoms with E-state index in [0.29, 0.717) is 5.89 Å². The summed E-state index contributed by atoms with van der Waals surface area (Å²) >= 11 is 5.44. The zero-order chi connectivity index (χ0) is 10.9. The second-order valence-corrected chi connectivity index (χ2v) is 6.71. The SMILES string of the molecule is CCC(Br)c1nnc(C2(C)CCCS2)o1. The summed E-state index contributed by atoms with van der Waals surface area (Å²) < 4.78 is 5.78. The highest BCUT2D eigenvalue weighted by Crippen LogP contribution is 2.45. The van der Waals surface area contributed by atoms with Crippen LogP contribution in [0.5, 0.6) is 0 Å². The van der Waals surface area contributed by atoms with Gasteiger partial charge in [0.05, 0.1) is 9.57 Å². The maximum atomic E-state index is 5.73. The van der Waals surface area contributed by atoms with E-state index in [1.807, 2.05) is 11.8 Å². The molecule has 1 aromatic rings. The first-order valence-electron chi connectivity index (χ1n) is 5.27. The Morgan fingerprint density at radius 3 is 3.00 bits per heavy atom. The molecule has 1 aliphatic heterocycles. The summed E-state index contributed by atoms with van der Waals surface area (Å²) in [4.78, 5) is 0.189. The van der Waals surface area contributed by atoms with Crippen LogP contribution in [-0.4, -0.2) is 16.0 Å². The van der Waals surface area contributed by atoms with Gasteiger partial charge >= 0.3 is 0 Å². The molecule has 3 nitrogen and oxygen atoms in total. The van der Waals surface area contributed by atoms with Gasteiger partial charge in [-0.1, -0.05) is 22.9 Å². The second-order valence-electron chi connectivity index (χ2n) is 4.00. The fraction of sp³-hybridized carbons (Fsp3) is 0.800. The van der Waals surface area contributed by atoms with E-state index in [0.717, 1.165) is 18.7 Å². The molecule has 0 saturated carbocycles. The molecule has 0 N–H and O–H groups in total. The van der Waals surface area contributed by atoms with E-state index >= 15 is 0 Å². The lowest BCUT2D eigenvalue weighted by Crippen LogP contribution is -2.13. The summed E-state index contributed by atoms with van der Waals surface area (Å²) in [5.74, 6) is 2.69. The first kappa shape index (κ1) is 11.5. The molecule has 5 heteroatoms. The molecule has 0 amide bonds. The van der Waals surface area contributed by atoms with Crippen molar-refractivity contribution in [2.24, 2.45) is 0 Å². The van der Waals surface area contributed by atoms with E-state index in [1.165, 1.54) is 12.2 Å². The Hall–Kier alpha value is -0.0300. The van der Waals surface area contributed by atoms with Crippen molar-refractivity contribution in [1.29, 1.82) is 0 Å². The van der Waals surface area contributed by atoms with Gasteiger partial charge < -0.3 is 4.42 Å². The van der Waals surface area contributed by atoms with Gasteiger partial charge in [-0.2, -0.15) is 0 Å². The standard InChI is InChI=1S/C10H15BrN2OS/c1-3-7(11)8-12-13-9(14-8)10(2)5-4-6-15-10/h7H,3-6H2,1-2H3. The van der Waals surface area contributed by atoms with Crippen LogP contribution in [0.3, 0.4) is 0 Å². The number of hydrogen-bond donors (Lipinski definition) is 0. The Morgan fingerprint density at radius 1 is 1.60 bits per heavy atom. The number of aromatic nitrogens is 2. The Kier molecular flexibility index (Phi) is 3.40. The van der Waals surface area contributed by atoms with E-state index in [-0.39, 0.29) is 9.57 Å². The van der Waals surface area contributed by atoms with Crippen LogP contribution >= 0.6 is 27.7 Å². The fourth-order valence-corrected chi connectivity index (χ4v) is 3.12. The smallest absolute Gasteiger partial charge is 0.232 e. The molecule has 1 fully saturated rings. The zero-order valence-corrected chi connectivity index (χ0v) is 11.4. The average molecular weight is 291 g/mol. The molecule has 2 atom stereocenters. The monoisotopic (exact) mass is 290 g/mol. The van der Waals surface area contributed by atoms with Crippen molar-refractivity contribution in [1.82, 2.24) is 10.2 Å². The van der Waals surface area contributed by atoms with Crippen molar-refractivity contribution >= 4 is 27.7 Å². The van der Waals surface area contributed by atoms with Crippen molar-refractivity contribution in [2.75, 3.05) is 5.75 Å². The highest BCUT2D eigenvalue weighted by Gasteiger charge is 2.37. The molecular weight excluding hydrogens is 276 g/mol. The Bertz CT molecular complexity index is 336. The first-order valence-corrected chi connectivity index (χ1v) is 7.18. The topological polar surface area (TPSA) is 38.9 Å². The van der Waals surface area contributed by atoms with Gasteiger partial charge in [-0.3, -0.25) is 0 Å². The number of alkyl halides is 1. The van der Waals surface area contributed by atoms with E-state index in [1.54, 1.807) is 0 Å². The minimum absolute atomic E-state index is 0.0473. The highest BCUT2D eigenvalue weighted by molar-refractivity contribution is 9.09. The van der Waals surface area contributed by atoms with Crippen LogP contribution in [0.1, 0.15) is 49.7 Å². The number of rotatable bonds is 3. The molecule has 2 unspecified atom stereocenters. The average Bonchev–Trinajstić information content (AvgIpc) is 2.85. The molecular formula is C10H15BrN2OS. The van der Waals surface area contributed by atoms with E-state index in [2.05, 4.69) is 40.0 Å². The molecule has 2 rings (SSSR count). The third-order valence-electron chi connectivity index (χ3n) is 2.74. The van der Waals surface area contributed by atoms with Gasteiger partial charge in [0, 0.05) is 0 Å². The maximum Gasteiger partial charge on any atom is 0.232 e. The van der Waals surface area contributed by atoms with Crippen molar-refractivity contribution in [3.63, 3.8) is 0 Å². The maximum absolute atomic E-state index is 5.73. The van der Waals surface area contributed by atoms with Crippen LogP contribution in [-0.2, 0) is 4.75 Å². The Morgan fingerprint density at radius 2 is 2.40 bits per heavy atom. The minimum Gasteiger partial charge on any atom is -0.423 e. The van der Waals surface area contributed by atoms with Crippen LogP contribution in [0.2, 0.25) is 0 Å². The van der Waals surface area contributed by atoms with Crippen LogP contribution in [0.25, 0.3) is 0 Å². The molecule has 0 bridgehead atoms. The quantitative estimate of drug-likeness (QED) is 0.797. The Balaban J connectivity index is 2.19. The van der Waals surface area contributed by atoms with E-state index in [9.17, 15) is 0 Å². The van der Waals surface area contributed by atoms with Crippen LogP contribution in [0.15, 0.2) is 4.42 Å². The van der Waals surface area contributed by atoms with Gasteiger partial charge in [-0.15, -0.1) is 22.0 Å². The molecule has 1 aromatic heterocycles. The summed E-state index contributed by atoms with van der Waals surface area (Å²) in [6, 6.07) is 0. The third-order valence-corrected chi connectivity index (χ3v) is 5.29. The molecule has 0 spiro atoms. The van der Waals surface area contributed by atoms with Gasteiger partial charge in [-0.05, 0) is 31.9 Å². The zero-order valence-electron chi connectivity index (χ0n) is 8.99. The summed E-state index contributed by atoms with van der Waals surface area (Å²) in [5.41, 5.74) is 0. The summed E-state index contributed by atoms with van der Waals surface area (Å²) in [5, 5.41) is 8.27. The lowest BCUT2D eigenvalue weighted by Gasteiger charge is -2.16. The van der Waals surface area contributed by atoms with Crippen LogP contribution in [0, 0.1) is 0 Å². The van der Waals surface area contributed by atoms with Gasteiger partial charge in [0.2, 0.25) is 11.8 Å². The van der Waals surface area contributed by atoms with Crippen molar-refractivity contribution < 1.29 is 4.42 Å². The molecule has 84 valence electrons. The summed E-state index contributed by atoms with van der Waals surface area (Å²) in [7, 11) is 0. The third kappa shape index (κ3) is 2.23. The molecule has 2 heterocycles.